The number of nitrogens with zero attached hydrogens (tertiary/aromatic N) is 1. The summed E-state index contributed by atoms with van der Waals surface area (Å²) in [7, 11) is 23.8. The predicted octanol–water partition coefficient (Wildman–Crippen LogP) is -0.913. The predicted molar refractivity (Wildman–Crippen MR) is 72.6 cm³/mol. The summed E-state index contributed by atoms with van der Waals surface area (Å²) in [5, 5.41) is -2.50. The first-order valence-electron chi connectivity index (χ1n) is 5.22. The van der Waals surface area contributed by atoms with E-state index in [0.717, 1.165) is 0 Å². The first-order valence-corrected chi connectivity index (χ1v) is 5.22. The molecule has 2 rings (SSSR count). The molecule has 0 amide bonds. The fourth-order valence-electron chi connectivity index (χ4n) is 2.00. The summed E-state index contributed by atoms with van der Waals surface area (Å²) in [6, 6.07) is 7.00. The Bertz CT molecular complexity index is 391. The lowest BCUT2D eigenvalue weighted by Crippen LogP contribution is -2.70. The van der Waals surface area contributed by atoms with E-state index in [-0.39, 0.29) is 13.2 Å². The van der Waals surface area contributed by atoms with E-state index in [0.29, 0.717) is 11.4 Å². The van der Waals surface area contributed by atoms with Gasteiger partial charge in [-0.15, -0.1) is 0 Å². The van der Waals surface area contributed by atoms with E-state index >= 15 is 0 Å². The van der Waals surface area contributed by atoms with E-state index in [1.165, 1.54) is 0 Å². The standard InChI is InChI=1S/C10H10B4N2O/c11-9(12)5-17-6-10(13,14)16(9)8-3-1-7(15)2-4-8/h1-4H,5-6,15H2. The Hall–Kier alpha value is -0.960. The Morgan fingerprint density at radius 3 is 1.94 bits per heavy atom. The fourth-order valence-corrected chi connectivity index (χ4v) is 2.00. The van der Waals surface area contributed by atoms with E-state index in [1.54, 1.807) is 29.2 Å². The molecule has 1 aromatic rings. The number of nitrogen functional groups attached to an aromatic ring is 1. The van der Waals surface area contributed by atoms with Gasteiger partial charge >= 0.3 is 0 Å². The summed E-state index contributed by atoms with van der Waals surface area (Å²) < 4.78 is 5.21. The topological polar surface area (TPSA) is 38.5 Å². The molecular formula is C10H10B4N2O. The summed E-state index contributed by atoms with van der Waals surface area (Å²) in [5.41, 5.74) is 6.97. The lowest BCUT2D eigenvalue weighted by molar-refractivity contribution is 0.0834. The summed E-state index contributed by atoms with van der Waals surface area (Å²) in [4.78, 5) is 1.54. The molecule has 17 heavy (non-hydrogen) atoms. The molecule has 1 aliphatic heterocycles. The van der Waals surface area contributed by atoms with Crippen molar-refractivity contribution in [1.82, 2.24) is 0 Å². The molecule has 1 fully saturated rings. The van der Waals surface area contributed by atoms with Gasteiger partial charge < -0.3 is 15.4 Å². The maximum atomic E-state index is 5.96. The minimum atomic E-state index is -1.25. The number of morpholine rings is 1. The zero-order valence-corrected chi connectivity index (χ0v) is 9.47. The molecule has 1 aromatic carbocycles. The first kappa shape index (κ1) is 12.5. The Balaban J connectivity index is 2.41. The Morgan fingerprint density at radius 1 is 1.00 bits per heavy atom. The van der Waals surface area contributed by atoms with Crippen LogP contribution in [0.5, 0.6) is 0 Å². The second-order valence-corrected chi connectivity index (χ2v) is 4.40. The smallest absolute Gasteiger partial charge is 0.0932 e. The van der Waals surface area contributed by atoms with E-state index in [2.05, 4.69) is 0 Å². The largest absolute Gasteiger partial charge is 0.399 e. The highest BCUT2D eigenvalue weighted by Crippen LogP contribution is 2.30. The number of rotatable bonds is 1. The monoisotopic (exact) mass is 218 g/mol. The summed E-state index contributed by atoms with van der Waals surface area (Å²) in [6.07, 6.45) is 0. The summed E-state index contributed by atoms with van der Waals surface area (Å²) in [5.74, 6) is 0. The van der Waals surface area contributed by atoms with Crippen molar-refractivity contribution in [2.24, 2.45) is 0 Å². The molecule has 0 aliphatic carbocycles. The molecule has 0 unspecified atom stereocenters. The van der Waals surface area contributed by atoms with Crippen molar-refractivity contribution in [1.29, 1.82) is 0 Å². The van der Waals surface area contributed by atoms with Gasteiger partial charge in [-0.05, 0) is 34.9 Å². The first-order chi connectivity index (χ1) is 7.83. The van der Waals surface area contributed by atoms with Crippen LogP contribution in [0.1, 0.15) is 0 Å². The van der Waals surface area contributed by atoms with Crippen LogP contribution in [0.4, 0.5) is 11.4 Å². The maximum absolute atomic E-state index is 5.96. The summed E-state index contributed by atoms with van der Waals surface area (Å²) >= 11 is 0. The quantitative estimate of drug-likeness (QED) is 0.489. The summed E-state index contributed by atoms with van der Waals surface area (Å²) in [6.45, 7) is 0.293. The van der Waals surface area contributed by atoms with E-state index in [4.69, 9.17) is 41.9 Å². The molecule has 0 bridgehead atoms. The highest BCUT2D eigenvalue weighted by molar-refractivity contribution is 6.47. The third-order valence-corrected chi connectivity index (χ3v) is 2.65. The Labute approximate surface area is 107 Å². The van der Waals surface area contributed by atoms with Crippen molar-refractivity contribution >= 4 is 42.8 Å². The molecule has 3 nitrogen and oxygen atoms in total. The van der Waals surface area contributed by atoms with Gasteiger partial charge in [-0.3, -0.25) is 0 Å². The average molecular weight is 217 g/mol. The molecule has 1 heterocycles. The van der Waals surface area contributed by atoms with Gasteiger partial charge in [0, 0.05) is 11.4 Å². The van der Waals surface area contributed by atoms with Crippen LogP contribution in [0.2, 0.25) is 0 Å². The van der Waals surface area contributed by atoms with Crippen molar-refractivity contribution in [2.45, 2.75) is 10.7 Å². The number of anilines is 2. The average Bonchev–Trinajstić information content (AvgIpc) is 2.18. The van der Waals surface area contributed by atoms with Crippen LogP contribution in [0.25, 0.3) is 0 Å². The Morgan fingerprint density at radius 2 is 1.47 bits per heavy atom. The number of hydrogen-bond donors (Lipinski definition) is 1. The van der Waals surface area contributed by atoms with Crippen molar-refractivity contribution in [3.05, 3.63) is 24.3 Å². The normalized spacial score (nSPS) is 22.2. The highest BCUT2D eigenvalue weighted by Gasteiger charge is 2.40. The zero-order chi connectivity index (χ0) is 12.7. The molecule has 8 radical (unpaired) electrons. The van der Waals surface area contributed by atoms with Crippen LogP contribution >= 0.6 is 0 Å². The zero-order valence-electron chi connectivity index (χ0n) is 9.47. The molecule has 0 atom stereocenters. The molecule has 1 saturated heterocycles. The van der Waals surface area contributed by atoms with Crippen LogP contribution < -0.4 is 10.6 Å². The van der Waals surface area contributed by atoms with Gasteiger partial charge in [0.15, 0.2) is 0 Å². The number of hydrogen-bond acceptors (Lipinski definition) is 3. The van der Waals surface area contributed by atoms with E-state index in [9.17, 15) is 0 Å². The molecule has 2 N–H and O–H groups in total. The van der Waals surface area contributed by atoms with Crippen molar-refractivity contribution in [3.8, 4) is 0 Å². The molecule has 7 heteroatoms. The minimum absolute atomic E-state index is 0.146. The molecular weight excluding hydrogens is 207 g/mol. The van der Waals surface area contributed by atoms with Gasteiger partial charge in [-0.1, -0.05) is 0 Å². The second kappa shape index (κ2) is 4.05. The third-order valence-electron chi connectivity index (χ3n) is 2.65. The lowest BCUT2D eigenvalue weighted by Gasteiger charge is -2.56. The number of ether oxygens (including phenoxy) is 1. The van der Waals surface area contributed by atoms with Gasteiger partial charge in [0.2, 0.25) is 0 Å². The molecule has 1 aliphatic rings. The van der Waals surface area contributed by atoms with Gasteiger partial charge in [-0.25, -0.2) is 0 Å². The van der Waals surface area contributed by atoms with Crippen LogP contribution in [-0.2, 0) is 4.74 Å². The lowest BCUT2D eigenvalue weighted by atomic mass is 9.51. The van der Waals surface area contributed by atoms with Gasteiger partial charge in [-0.2, -0.15) is 0 Å². The van der Waals surface area contributed by atoms with Crippen molar-refractivity contribution in [2.75, 3.05) is 23.8 Å². The van der Waals surface area contributed by atoms with Crippen LogP contribution in [0.3, 0.4) is 0 Å². The van der Waals surface area contributed by atoms with Crippen molar-refractivity contribution in [3.63, 3.8) is 0 Å². The minimum Gasteiger partial charge on any atom is -0.399 e. The highest BCUT2D eigenvalue weighted by atomic mass is 16.5. The molecule has 78 valence electrons. The number of benzene rings is 1. The fraction of sp³-hybridized carbons (Fsp3) is 0.400. The second-order valence-electron chi connectivity index (χ2n) is 4.40. The molecule has 0 saturated carbocycles. The van der Waals surface area contributed by atoms with E-state index < -0.39 is 10.7 Å². The van der Waals surface area contributed by atoms with Gasteiger partial charge in [0.25, 0.3) is 0 Å². The van der Waals surface area contributed by atoms with Gasteiger partial charge in [0.1, 0.15) is 0 Å². The van der Waals surface area contributed by atoms with Crippen molar-refractivity contribution < 1.29 is 4.74 Å². The SMILES string of the molecule is [B]C1([B])COCC([B])([B])N1c1ccc(N)cc1. The van der Waals surface area contributed by atoms with Gasteiger partial charge in [0.05, 0.1) is 44.6 Å². The third kappa shape index (κ3) is 2.34. The molecule has 0 spiro atoms. The number of nitrogens with two attached hydrogens (primary N) is 1. The maximum Gasteiger partial charge on any atom is 0.0932 e. The van der Waals surface area contributed by atoms with Crippen LogP contribution in [-0.4, -0.2) is 55.3 Å². The van der Waals surface area contributed by atoms with E-state index in [1.807, 2.05) is 0 Å². The van der Waals surface area contributed by atoms with Crippen LogP contribution in [0, 0.1) is 0 Å². The van der Waals surface area contributed by atoms with Crippen LogP contribution in [0.15, 0.2) is 24.3 Å². The molecule has 0 aromatic heterocycles. The Kier molecular flexibility index (Phi) is 2.98.